The number of hydrogen-bond donors (Lipinski definition) is 0. The summed E-state index contributed by atoms with van der Waals surface area (Å²) < 4.78 is 57.8. The van der Waals surface area contributed by atoms with Crippen molar-refractivity contribution in [2.24, 2.45) is 0 Å². The highest BCUT2D eigenvalue weighted by atomic mass is 35.7. The second-order valence-electron chi connectivity index (χ2n) is 4.97. The number of ether oxygens (including phenoxy) is 1. The third kappa shape index (κ3) is 3.42. The van der Waals surface area contributed by atoms with Gasteiger partial charge in [0, 0.05) is 28.2 Å². The monoisotopic (exact) mass is 374 g/mol. The Labute approximate surface area is 142 Å². The molecule has 0 aliphatic carbocycles. The van der Waals surface area contributed by atoms with Gasteiger partial charge in [0.25, 0.3) is 14.1 Å². The molecule has 0 radical (unpaired) electrons. The molecular weight excluding hydrogens is 362 g/mol. The van der Waals surface area contributed by atoms with E-state index in [1.165, 1.54) is 36.4 Å². The average Bonchev–Trinajstić information content (AvgIpc) is 2.55. The van der Waals surface area contributed by atoms with Crippen LogP contribution >= 0.6 is 10.7 Å². The van der Waals surface area contributed by atoms with E-state index >= 15 is 4.39 Å². The standard InChI is InChI=1S/C16H13ClF2O4S/c1-23-15(20)12-8-5-9-14(18)13(12)10-16(19,24(17,21)22)11-6-3-2-4-7-11/h2-9H,10H2,1H3. The van der Waals surface area contributed by atoms with Crippen LogP contribution in [0.1, 0.15) is 21.5 Å². The van der Waals surface area contributed by atoms with E-state index in [0.717, 1.165) is 13.2 Å². The number of carbonyl (C=O) groups is 1. The van der Waals surface area contributed by atoms with Crippen molar-refractivity contribution in [3.8, 4) is 0 Å². The van der Waals surface area contributed by atoms with Crippen LogP contribution in [0, 0.1) is 5.82 Å². The minimum atomic E-state index is -4.79. The normalized spacial score (nSPS) is 14.0. The fraction of sp³-hybridized carbons (Fsp3) is 0.188. The van der Waals surface area contributed by atoms with Crippen LogP contribution in [0.3, 0.4) is 0 Å². The third-order valence-corrected chi connectivity index (χ3v) is 5.41. The van der Waals surface area contributed by atoms with Gasteiger partial charge in [0.1, 0.15) is 5.82 Å². The van der Waals surface area contributed by atoms with Gasteiger partial charge in [-0.15, -0.1) is 0 Å². The summed E-state index contributed by atoms with van der Waals surface area (Å²) in [7, 11) is 1.59. The van der Waals surface area contributed by atoms with Crippen LogP contribution in [0.2, 0.25) is 0 Å². The van der Waals surface area contributed by atoms with Crippen molar-refractivity contribution >= 4 is 25.7 Å². The van der Waals surface area contributed by atoms with E-state index in [4.69, 9.17) is 10.7 Å². The van der Waals surface area contributed by atoms with Crippen LogP contribution in [0.15, 0.2) is 48.5 Å². The highest BCUT2D eigenvalue weighted by Gasteiger charge is 2.46. The lowest BCUT2D eigenvalue weighted by molar-refractivity contribution is 0.0598. The number of benzene rings is 2. The van der Waals surface area contributed by atoms with Crippen molar-refractivity contribution in [2.45, 2.75) is 11.4 Å². The van der Waals surface area contributed by atoms with Crippen molar-refractivity contribution in [3.63, 3.8) is 0 Å². The zero-order valence-corrected chi connectivity index (χ0v) is 14.1. The molecule has 0 spiro atoms. The number of rotatable bonds is 5. The number of hydrogen-bond acceptors (Lipinski definition) is 4. The highest BCUT2D eigenvalue weighted by Crippen LogP contribution is 2.39. The van der Waals surface area contributed by atoms with E-state index in [1.54, 1.807) is 6.07 Å². The van der Waals surface area contributed by atoms with Crippen molar-refractivity contribution < 1.29 is 26.7 Å². The van der Waals surface area contributed by atoms with E-state index in [0.29, 0.717) is 0 Å². The maximum atomic E-state index is 15.4. The maximum absolute atomic E-state index is 15.4. The summed E-state index contributed by atoms with van der Waals surface area (Å²) in [6.07, 6.45) is -0.972. The zero-order valence-electron chi connectivity index (χ0n) is 12.5. The summed E-state index contributed by atoms with van der Waals surface area (Å²) in [6, 6.07) is 10.3. The highest BCUT2D eigenvalue weighted by molar-refractivity contribution is 8.14. The van der Waals surface area contributed by atoms with Crippen LogP contribution in [0.5, 0.6) is 0 Å². The van der Waals surface area contributed by atoms with Crippen molar-refractivity contribution in [2.75, 3.05) is 7.11 Å². The molecular formula is C16H13ClF2O4S. The van der Waals surface area contributed by atoms with Crippen LogP contribution in [-0.2, 0) is 25.2 Å². The summed E-state index contributed by atoms with van der Waals surface area (Å²) in [5.41, 5.74) is -0.963. The molecule has 0 aliphatic rings. The van der Waals surface area contributed by atoms with Gasteiger partial charge in [-0.3, -0.25) is 0 Å². The van der Waals surface area contributed by atoms with E-state index in [-0.39, 0.29) is 11.1 Å². The van der Waals surface area contributed by atoms with Crippen LogP contribution in [0.25, 0.3) is 0 Å². The molecule has 4 nitrogen and oxygen atoms in total. The van der Waals surface area contributed by atoms with Gasteiger partial charge in [0.15, 0.2) is 0 Å². The Morgan fingerprint density at radius 3 is 2.33 bits per heavy atom. The Morgan fingerprint density at radius 2 is 1.79 bits per heavy atom. The Kier molecular flexibility index (Phi) is 5.25. The van der Waals surface area contributed by atoms with Gasteiger partial charge >= 0.3 is 5.97 Å². The first-order valence-electron chi connectivity index (χ1n) is 6.75. The average molecular weight is 375 g/mol. The van der Waals surface area contributed by atoms with Crippen molar-refractivity contribution in [1.82, 2.24) is 0 Å². The summed E-state index contributed by atoms with van der Waals surface area (Å²) in [5.74, 6) is -1.84. The van der Waals surface area contributed by atoms with Crippen molar-refractivity contribution in [1.29, 1.82) is 0 Å². The fourth-order valence-electron chi connectivity index (χ4n) is 2.28. The minimum absolute atomic E-state index is 0.265. The number of methoxy groups -OCH3 is 1. The van der Waals surface area contributed by atoms with E-state index in [1.807, 2.05) is 0 Å². The van der Waals surface area contributed by atoms with Gasteiger partial charge in [0.2, 0.25) is 0 Å². The first-order chi connectivity index (χ1) is 11.2. The predicted molar refractivity (Wildman–Crippen MR) is 85.4 cm³/mol. The molecule has 0 heterocycles. The third-order valence-electron chi connectivity index (χ3n) is 3.52. The fourth-order valence-corrected chi connectivity index (χ4v) is 3.45. The van der Waals surface area contributed by atoms with E-state index < -0.39 is 37.8 Å². The van der Waals surface area contributed by atoms with Gasteiger partial charge in [-0.1, -0.05) is 36.4 Å². The number of halogens is 3. The molecule has 0 amide bonds. The topological polar surface area (TPSA) is 60.4 Å². The molecule has 0 N–H and O–H groups in total. The van der Waals surface area contributed by atoms with Crippen molar-refractivity contribution in [3.05, 3.63) is 71.0 Å². The van der Waals surface area contributed by atoms with Gasteiger partial charge in [-0.05, 0) is 12.1 Å². The summed E-state index contributed by atoms with van der Waals surface area (Å²) >= 11 is 0. The first kappa shape index (κ1) is 18.4. The van der Waals surface area contributed by atoms with Gasteiger partial charge in [-0.25, -0.2) is 22.0 Å². The van der Waals surface area contributed by atoms with Gasteiger partial charge in [0.05, 0.1) is 12.7 Å². The van der Waals surface area contributed by atoms with Crippen LogP contribution < -0.4 is 0 Å². The minimum Gasteiger partial charge on any atom is -0.465 e. The largest absolute Gasteiger partial charge is 0.465 e. The molecule has 2 aromatic rings. The smallest absolute Gasteiger partial charge is 0.338 e. The number of esters is 1. The summed E-state index contributed by atoms with van der Waals surface area (Å²) in [5, 5.41) is -3.11. The van der Waals surface area contributed by atoms with E-state index in [2.05, 4.69) is 4.74 Å². The molecule has 24 heavy (non-hydrogen) atoms. The molecule has 0 saturated heterocycles. The predicted octanol–water partition coefficient (Wildman–Crippen LogP) is 3.55. The summed E-state index contributed by atoms with van der Waals surface area (Å²) in [4.78, 5) is 11.8. The zero-order chi connectivity index (χ0) is 18.0. The molecule has 2 rings (SSSR count). The Hall–Kier alpha value is -1.99. The molecule has 1 atom stereocenters. The van der Waals surface area contributed by atoms with E-state index in [9.17, 15) is 17.6 Å². The molecule has 0 saturated carbocycles. The molecule has 1 unspecified atom stereocenters. The van der Waals surface area contributed by atoms with Gasteiger partial charge in [-0.2, -0.15) is 0 Å². The van der Waals surface area contributed by atoms with Gasteiger partial charge < -0.3 is 4.74 Å². The summed E-state index contributed by atoms with van der Waals surface area (Å²) in [6.45, 7) is 0. The molecule has 0 bridgehead atoms. The Morgan fingerprint density at radius 1 is 1.17 bits per heavy atom. The molecule has 0 aliphatic heterocycles. The molecule has 2 aromatic carbocycles. The van der Waals surface area contributed by atoms with Crippen LogP contribution in [0.4, 0.5) is 8.78 Å². The molecule has 0 fully saturated rings. The second-order valence-corrected chi connectivity index (χ2v) is 7.71. The lowest BCUT2D eigenvalue weighted by Gasteiger charge is -2.23. The SMILES string of the molecule is COC(=O)c1cccc(F)c1CC(F)(c1ccccc1)S(=O)(=O)Cl. The number of alkyl halides is 1. The lowest BCUT2D eigenvalue weighted by Crippen LogP contribution is -2.31. The molecule has 8 heteroatoms. The molecule has 128 valence electrons. The lowest BCUT2D eigenvalue weighted by atomic mass is 9.97. The number of carbonyl (C=O) groups excluding carboxylic acids is 1. The first-order valence-corrected chi connectivity index (χ1v) is 9.06. The quantitative estimate of drug-likeness (QED) is 0.593. The second kappa shape index (κ2) is 6.86. The maximum Gasteiger partial charge on any atom is 0.338 e. The Balaban J connectivity index is 2.64. The van der Waals surface area contributed by atoms with Crippen LogP contribution in [-0.4, -0.2) is 21.5 Å². The Bertz CT molecular complexity index is 856. The molecule has 0 aromatic heterocycles.